The molecule has 1 aromatic carbocycles. The summed E-state index contributed by atoms with van der Waals surface area (Å²) in [5.74, 6) is -1.45. The predicted molar refractivity (Wildman–Crippen MR) is 55.0 cm³/mol. The van der Waals surface area contributed by atoms with Gasteiger partial charge in [0.25, 0.3) is 0 Å². The zero-order chi connectivity index (χ0) is 12.1. The lowest BCUT2D eigenvalue weighted by Crippen LogP contribution is -2.07. The molecule has 0 aliphatic heterocycles. The van der Waals surface area contributed by atoms with Crippen LogP contribution in [0, 0.1) is 5.82 Å². The number of carboxylic acid groups (broad SMARTS) is 1. The van der Waals surface area contributed by atoms with E-state index in [4.69, 9.17) is 14.6 Å². The standard InChI is InChI=1S/C11H13FO4/c1-15-6-7-3-4-9(16-2)8(11(7)12)5-10(13)14/h3-4H,5-6H2,1-2H3,(H,13,14). The fraction of sp³-hybridized carbons (Fsp3) is 0.364. The van der Waals surface area contributed by atoms with Gasteiger partial charge in [-0.15, -0.1) is 0 Å². The van der Waals surface area contributed by atoms with Crippen LogP contribution in [-0.2, 0) is 22.6 Å². The van der Waals surface area contributed by atoms with Crippen molar-refractivity contribution in [1.29, 1.82) is 0 Å². The molecule has 5 heteroatoms. The molecule has 1 N–H and O–H groups in total. The highest BCUT2D eigenvalue weighted by Crippen LogP contribution is 2.25. The molecule has 16 heavy (non-hydrogen) atoms. The molecule has 0 aliphatic carbocycles. The lowest BCUT2D eigenvalue weighted by Gasteiger charge is -2.11. The first-order valence-corrected chi connectivity index (χ1v) is 4.65. The zero-order valence-electron chi connectivity index (χ0n) is 9.12. The zero-order valence-corrected chi connectivity index (χ0v) is 9.12. The number of aliphatic carboxylic acids is 1. The average Bonchev–Trinajstić information content (AvgIpc) is 2.24. The van der Waals surface area contributed by atoms with Crippen LogP contribution in [0.4, 0.5) is 4.39 Å². The average molecular weight is 228 g/mol. The summed E-state index contributed by atoms with van der Waals surface area (Å²) in [5.41, 5.74) is 0.365. The Balaban J connectivity index is 3.17. The third-order valence-electron chi connectivity index (χ3n) is 2.13. The van der Waals surface area contributed by atoms with Crippen molar-refractivity contribution in [3.05, 3.63) is 29.1 Å². The summed E-state index contributed by atoms with van der Waals surface area (Å²) >= 11 is 0. The maximum Gasteiger partial charge on any atom is 0.308 e. The molecule has 0 fully saturated rings. The highest BCUT2D eigenvalue weighted by Gasteiger charge is 2.16. The Morgan fingerprint density at radius 1 is 1.44 bits per heavy atom. The van der Waals surface area contributed by atoms with E-state index in [9.17, 15) is 9.18 Å². The van der Waals surface area contributed by atoms with E-state index in [0.717, 1.165) is 0 Å². The molecule has 1 aromatic rings. The SMILES string of the molecule is COCc1ccc(OC)c(CC(=O)O)c1F. The Labute approximate surface area is 92.6 Å². The number of carbonyl (C=O) groups is 1. The van der Waals surface area contributed by atoms with Gasteiger partial charge >= 0.3 is 5.97 Å². The highest BCUT2D eigenvalue weighted by molar-refractivity contribution is 5.71. The van der Waals surface area contributed by atoms with E-state index in [0.29, 0.717) is 5.56 Å². The number of rotatable bonds is 5. The van der Waals surface area contributed by atoms with Gasteiger partial charge in [0.2, 0.25) is 0 Å². The molecule has 0 atom stereocenters. The second-order valence-electron chi connectivity index (χ2n) is 3.22. The van der Waals surface area contributed by atoms with Crippen molar-refractivity contribution in [1.82, 2.24) is 0 Å². The Morgan fingerprint density at radius 3 is 2.62 bits per heavy atom. The maximum atomic E-state index is 13.8. The van der Waals surface area contributed by atoms with Crippen LogP contribution in [0.3, 0.4) is 0 Å². The van der Waals surface area contributed by atoms with Crippen LogP contribution in [0.25, 0.3) is 0 Å². The summed E-state index contributed by atoms with van der Waals surface area (Å²) in [6.07, 6.45) is -0.410. The normalized spacial score (nSPS) is 10.2. The van der Waals surface area contributed by atoms with Gasteiger partial charge in [-0.25, -0.2) is 4.39 Å². The summed E-state index contributed by atoms with van der Waals surface area (Å²) in [5, 5.41) is 8.68. The summed E-state index contributed by atoms with van der Waals surface area (Å²) in [4.78, 5) is 10.6. The molecule has 88 valence electrons. The van der Waals surface area contributed by atoms with Crippen LogP contribution in [0.2, 0.25) is 0 Å². The van der Waals surface area contributed by atoms with Crippen LogP contribution < -0.4 is 4.74 Å². The summed E-state index contributed by atoms with van der Waals surface area (Å²) in [6.45, 7) is 0.0996. The monoisotopic (exact) mass is 228 g/mol. The molecular weight excluding hydrogens is 215 g/mol. The largest absolute Gasteiger partial charge is 0.496 e. The minimum atomic E-state index is -1.10. The van der Waals surface area contributed by atoms with E-state index < -0.39 is 18.2 Å². The number of benzene rings is 1. The second kappa shape index (κ2) is 5.46. The number of halogens is 1. The Hall–Kier alpha value is -1.62. The quantitative estimate of drug-likeness (QED) is 0.831. The summed E-state index contributed by atoms with van der Waals surface area (Å²) < 4.78 is 23.6. The maximum absolute atomic E-state index is 13.8. The van der Waals surface area contributed by atoms with E-state index in [1.54, 1.807) is 0 Å². The molecule has 0 amide bonds. The minimum Gasteiger partial charge on any atom is -0.496 e. The van der Waals surface area contributed by atoms with Crippen molar-refractivity contribution >= 4 is 5.97 Å². The van der Waals surface area contributed by atoms with Crippen LogP contribution >= 0.6 is 0 Å². The topological polar surface area (TPSA) is 55.8 Å². The number of ether oxygens (including phenoxy) is 2. The van der Waals surface area contributed by atoms with Crippen molar-refractivity contribution in [3.8, 4) is 5.75 Å². The molecule has 0 unspecified atom stereocenters. The highest BCUT2D eigenvalue weighted by atomic mass is 19.1. The lowest BCUT2D eigenvalue weighted by molar-refractivity contribution is -0.136. The van der Waals surface area contributed by atoms with Gasteiger partial charge in [0.1, 0.15) is 11.6 Å². The number of methoxy groups -OCH3 is 2. The molecule has 0 radical (unpaired) electrons. The van der Waals surface area contributed by atoms with Gasteiger partial charge in [0.15, 0.2) is 0 Å². The van der Waals surface area contributed by atoms with Crippen molar-refractivity contribution in [2.24, 2.45) is 0 Å². The molecule has 0 spiro atoms. The Bertz CT molecular complexity index is 390. The molecule has 0 heterocycles. The van der Waals surface area contributed by atoms with E-state index in [1.165, 1.54) is 26.4 Å². The molecule has 0 saturated heterocycles. The fourth-order valence-corrected chi connectivity index (χ4v) is 1.43. The number of hydrogen-bond donors (Lipinski definition) is 1. The molecule has 0 aromatic heterocycles. The van der Waals surface area contributed by atoms with Gasteiger partial charge in [-0.1, -0.05) is 6.07 Å². The molecule has 0 aliphatic rings. The smallest absolute Gasteiger partial charge is 0.308 e. The second-order valence-corrected chi connectivity index (χ2v) is 3.22. The van der Waals surface area contributed by atoms with Crippen molar-refractivity contribution in [2.45, 2.75) is 13.0 Å². The van der Waals surface area contributed by atoms with Crippen molar-refractivity contribution in [2.75, 3.05) is 14.2 Å². The van der Waals surface area contributed by atoms with Crippen LogP contribution in [0.15, 0.2) is 12.1 Å². The van der Waals surface area contributed by atoms with E-state index in [-0.39, 0.29) is 17.9 Å². The molecule has 1 rings (SSSR count). The minimum absolute atomic E-state index is 0.0459. The Kier molecular flexibility index (Phi) is 4.25. The first kappa shape index (κ1) is 12.4. The summed E-state index contributed by atoms with van der Waals surface area (Å²) in [7, 11) is 2.82. The van der Waals surface area contributed by atoms with Gasteiger partial charge in [0.05, 0.1) is 20.1 Å². The van der Waals surface area contributed by atoms with Gasteiger partial charge in [-0.2, -0.15) is 0 Å². The molecule has 0 saturated carbocycles. The lowest BCUT2D eigenvalue weighted by atomic mass is 10.1. The van der Waals surface area contributed by atoms with Gasteiger partial charge in [-0.3, -0.25) is 4.79 Å². The van der Waals surface area contributed by atoms with Gasteiger partial charge in [0, 0.05) is 18.2 Å². The summed E-state index contributed by atoms with van der Waals surface area (Å²) in [6, 6.07) is 3.05. The fourth-order valence-electron chi connectivity index (χ4n) is 1.43. The van der Waals surface area contributed by atoms with Gasteiger partial charge < -0.3 is 14.6 Å². The van der Waals surface area contributed by atoms with Gasteiger partial charge in [-0.05, 0) is 6.07 Å². The van der Waals surface area contributed by atoms with Crippen molar-refractivity contribution < 1.29 is 23.8 Å². The predicted octanol–water partition coefficient (Wildman–Crippen LogP) is 1.61. The Morgan fingerprint density at radius 2 is 2.12 bits per heavy atom. The van der Waals surface area contributed by atoms with E-state index in [2.05, 4.69) is 0 Å². The first-order chi connectivity index (χ1) is 7.60. The van der Waals surface area contributed by atoms with Crippen LogP contribution in [0.1, 0.15) is 11.1 Å². The molecular formula is C11H13FO4. The number of hydrogen-bond acceptors (Lipinski definition) is 3. The van der Waals surface area contributed by atoms with E-state index >= 15 is 0 Å². The first-order valence-electron chi connectivity index (χ1n) is 4.65. The van der Waals surface area contributed by atoms with Crippen molar-refractivity contribution in [3.63, 3.8) is 0 Å². The van der Waals surface area contributed by atoms with E-state index in [1.807, 2.05) is 0 Å². The van der Waals surface area contributed by atoms with Crippen LogP contribution in [-0.4, -0.2) is 25.3 Å². The third kappa shape index (κ3) is 2.70. The molecule has 0 bridgehead atoms. The molecule has 4 nitrogen and oxygen atoms in total. The van der Waals surface area contributed by atoms with Crippen LogP contribution in [0.5, 0.6) is 5.75 Å². The third-order valence-corrected chi connectivity index (χ3v) is 2.13. The number of carboxylic acids is 1.